The van der Waals surface area contributed by atoms with Crippen molar-refractivity contribution in [2.24, 2.45) is 0 Å². The van der Waals surface area contributed by atoms with Crippen molar-refractivity contribution in [3.05, 3.63) is 145 Å². The molecule has 0 spiro atoms. The van der Waals surface area contributed by atoms with E-state index in [-0.39, 0.29) is 5.41 Å². The van der Waals surface area contributed by atoms with Gasteiger partial charge in [0.1, 0.15) is 0 Å². The first-order valence-corrected chi connectivity index (χ1v) is 15.5. The Kier molecular flexibility index (Phi) is 4.93. The molecule has 198 valence electrons. The van der Waals surface area contributed by atoms with Crippen molar-refractivity contribution < 1.29 is 0 Å². The second-order valence-corrected chi connectivity index (χ2v) is 13.1. The van der Waals surface area contributed by atoms with Crippen molar-refractivity contribution in [2.75, 3.05) is 0 Å². The quantitative estimate of drug-likeness (QED) is 0.187. The monoisotopic (exact) mass is 552 g/mol. The van der Waals surface area contributed by atoms with Gasteiger partial charge in [-0.25, -0.2) is 0 Å². The maximum atomic E-state index is 2.43. The van der Waals surface area contributed by atoms with E-state index in [9.17, 15) is 0 Å². The van der Waals surface area contributed by atoms with Crippen molar-refractivity contribution >= 4 is 53.7 Å². The highest BCUT2D eigenvalue weighted by Crippen LogP contribution is 2.58. The zero-order valence-corrected chi connectivity index (χ0v) is 24.4. The van der Waals surface area contributed by atoms with E-state index in [2.05, 4.69) is 147 Å². The molecule has 42 heavy (non-hydrogen) atoms. The summed E-state index contributed by atoms with van der Waals surface area (Å²) in [6.07, 6.45) is 0. The molecule has 0 nitrogen and oxygen atoms in total. The van der Waals surface area contributed by atoms with Crippen molar-refractivity contribution in [3.8, 4) is 32.7 Å². The Balaban J connectivity index is 1.42. The van der Waals surface area contributed by atoms with Gasteiger partial charge in [0.2, 0.25) is 0 Å². The van der Waals surface area contributed by atoms with Crippen molar-refractivity contribution in [2.45, 2.75) is 19.3 Å². The second-order valence-electron chi connectivity index (χ2n) is 12.0. The van der Waals surface area contributed by atoms with Gasteiger partial charge in [0.15, 0.2) is 0 Å². The largest absolute Gasteiger partial charge is 0.135 e. The molecule has 1 aliphatic rings. The molecule has 8 aromatic rings. The molecule has 1 aliphatic carbocycles. The third-order valence-corrected chi connectivity index (χ3v) is 10.6. The van der Waals surface area contributed by atoms with E-state index in [0.717, 1.165) is 0 Å². The van der Waals surface area contributed by atoms with E-state index in [4.69, 9.17) is 0 Å². The highest BCUT2D eigenvalue weighted by atomic mass is 32.1. The molecule has 7 aromatic carbocycles. The zero-order chi connectivity index (χ0) is 28.0. The number of rotatable bonds is 2. The number of benzene rings is 7. The molecule has 0 unspecified atom stereocenters. The summed E-state index contributed by atoms with van der Waals surface area (Å²) in [6, 6.07) is 49.5. The summed E-state index contributed by atoms with van der Waals surface area (Å²) in [7, 11) is 0. The van der Waals surface area contributed by atoms with Crippen LogP contribution in [-0.2, 0) is 5.41 Å². The molecule has 0 radical (unpaired) electrons. The molecule has 0 aliphatic heterocycles. The Morgan fingerprint density at radius 2 is 0.881 bits per heavy atom. The summed E-state index contributed by atoms with van der Waals surface area (Å²) in [5.41, 5.74) is 9.50. The van der Waals surface area contributed by atoms with Crippen LogP contribution >= 0.6 is 11.3 Å². The highest BCUT2D eigenvalue weighted by molar-refractivity contribution is 7.22. The van der Waals surface area contributed by atoms with Gasteiger partial charge >= 0.3 is 0 Å². The molecule has 1 aromatic heterocycles. The summed E-state index contributed by atoms with van der Waals surface area (Å²) in [5, 5.41) is 9.18. The molecule has 0 saturated heterocycles. The molecule has 0 bridgehead atoms. The lowest BCUT2D eigenvalue weighted by Crippen LogP contribution is -2.16. The van der Waals surface area contributed by atoms with E-state index in [1.165, 1.54) is 86.2 Å². The molecular weight excluding hydrogens is 525 g/mol. The third kappa shape index (κ3) is 3.12. The predicted molar refractivity (Wildman–Crippen MR) is 183 cm³/mol. The van der Waals surface area contributed by atoms with Crippen molar-refractivity contribution in [3.63, 3.8) is 0 Å². The van der Waals surface area contributed by atoms with E-state index in [1.807, 2.05) is 11.3 Å². The summed E-state index contributed by atoms with van der Waals surface area (Å²) in [5.74, 6) is 0. The fourth-order valence-corrected chi connectivity index (χ4v) is 9.15. The fraction of sp³-hybridized carbons (Fsp3) is 0.0732. The lowest BCUT2D eigenvalue weighted by Gasteiger charge is -2.26. The van der Waals surface area contributed by atoms with Gasteiger partial charge in [-0.05, 0) is 82.7 Å². The van der Waals surface area contributed by atoms with E-state index >= 15 is 0 Å². The Morgan fingerprint density at radius 3 is 1.57 bits per heavy atom. The van der Waals surface area contributed by atoms with E-state index in [1.54, 1.807) is 0 Å². The zero-order valence-electron chi connectivity index (χ0n) is 23.6. The minimum absolute atomic E-state index is 0.114. The molecule has 0 fully saturated rings. The average Bonchev–Trinajstić information content (AvgIpc) is 3.53. The minimum Gasteiger partial charge on any atom is -0.135 e. The van der Waals surface area contributed by atoms with Crippen LogP contribution in [0.1, 0.15) is 25.0 Å². The predicted octanol–water partition coefficient (Wildman–Crippen LogP) is 12.0. The summed E-state index contributed by atoms with van der Waals surface area (Å²) in [4.78, 5) is 1.43. The molecule has 0 N–H and O–H groups in total. The minimum atomic E-state index is -0.114. The standard InChI is InChI=1S/C41H28S/c1-41(2)38-33(22-12-23-34(38)40-39(41)32-20-9-10-24-35(32)42-40)37-30-18-7-5-16-28(30)36(29-17-6-8-19-31(29)37)27-21-11-14-25-13-3-4-15-26(25)27/h3-24H,1-2H3. The van der Waals surface area contributed by atoms with E-state index in [0.29, 0.717) is 0 Å². The smallest absolute Gasteiger partial charge is 0.0399 e. The summed E-state index contributed by atoms with van der Waals surface area (Å²) >= 11 is 1.94. The average molecular weight is 553 g/mol. The van der Waals surface area contributed by atoms with Gasteiger partial charge in [0, 0.05) is 15.0 Å². The Labute approximate surface area is 249 Å². The van der Waals surface area contributed by atoms with Crippen molar-refractivity contribution in [1.29, 1.82) is 0 Å². The first kappa shape index (κ1) is 23.9. The molecule has 9 rings (SSSR count). The number of hydrogen-bond donors (Lipinski definition) is 0. The molecule has 0 amide bonds. The lowest BCUT2D eigenvalue weighted by molar-refractivity contribution is 0.669. The maximum Gasteiger partial charge on any atom is 0.0399 e. The molecule has 0 atom stereocenters. The van der Waals surface area contributed by atoms with Crippen LogP contribution in [0.5, 0.6) is 0 Å². The van der Waals surface area contributed by atoms with Crippen LogP contribution in [-0.4, -0.2) is 0 Å². The van der Waals surface area contributed by atoms with Crippen LogP contribution in [0.25, 0.3) is 75.1 Å². The van der Waals surface area contributed by atoms with Gasteiger partial charge in [-0.15, -0.1) is 11.3 Å². The van der Waals surface area contributed by atoms with Crippen LogP contribution in [0.3, 0.4) is 0 Å². The fourth-order valence-electron chi connectivity index (χ4n) is 7.76. The summed E-state index contributed by atoms with van der Waals surface area (Å²) < 4.78 is 1.38. The van der Waals surface area contributed by atoms with Crippen LogP contribution in [0.15, 0.2) is 133 Å². The van der Waals surface area contributed by atoms with E-state index < -0.39 is 0 Å². The van der Waals surface area contributed by atoms with Crippen LogP contribution in [0.2, 0.25) is 0 Å². The lowest BCUT2D eigenvalue weighted by atomic mass is 9.76. The second kappa shape index (κ2) is 8.64. The molecule has 0 saturated carbocycles. The van der Waals surface area contributed by atoms with Crippen LogP contribution in [0.4, 0.5) is 0 Å². The SMILES string of the molecule is CC1(C)c2c(cccc2-c2c3ccccc3c(-c3cccc4ccccc34)c3ccccc23)-c2sc3ccccc3c21. The first-order valence-electron chi connectivity index (χ1n) is 14.7. The van der Waals surface area contributed by atoms with Gasteiger partial charge < -0.3 is 0 Å². The molecular formula is C41H28S. The van der Waals surface area contributed by atoms with Gasteiger partial charge in [0.25, 0.3) is 0 Å². The third-order valence-electron chi connectivity index (χ3n) is 9.41. The molecule has 1 heteroatoms. The van der Waals surface area contributed by atoms with Gasteiger partial charge in [-0.2, -0.15) is 0 Å². The van der Waals surface area contributed by atoms with Crippen LogP contribution in [0, 0.1) is 0 Å². The Morgan fingerprint density at radius 1 is 0.405 bits per heavy atom. The number of fused-ring (bicyclic) bond motifs is 8. The number of thiophene rings is 1. The molecule has 1 heterocycles. The Hall–Kier alpha value is -4.72. The van der Waals surface area contributed by atoms with Gasteiger partial charge in [0.05, 0.1) is 0 Å². The highest BCUT2D eigenvalue weighted by Gasteiger charge is 2.41. The summed E-state index contributed by atoms with van der Waals surface area (Å²) in [6.45, 7) is 4.85. The maximum absolute atomic E-state index is 2.43. The van der Waals surface area contributed by atoms with Gasteiger partial charge in [-0.3, -0.25) is 0 Å². The normalized spacial score (nSPS) is 13.7. The first-order chi connectivity index (χ1) is 20.6. The van der Waals surface area contributed by atoms with Crippen molar-refractivity contribution in [1.82, 2.24) is 0 Å². The topological polar surface area (TPSA) is 0 Å². The van der Waals surface area contributed by atoms with Gasteiger partial charge in [-0.1, -0.05) is 141 Å². The number of hydrogen-bond acceptors (Lipinski definition) is 1. The Bertz CT molecular complexity index is 2320. The van der Waals surface area contributed by atoms with Crippen LogP contribution < -0.4 is 0 Å².